The zero-order valence-electron chi connectivity index (χ0n) is 6.53. The van der Waals surface area contributed by atoms with Gasteiger partial charge in [0.1, 0.15) is 0 Å². The van der Waals surface area contributed by atoms with Gasteiger partial charge in [-0.1, -0.05) is 0 Å². The summed E-state index contributed by atoms with van der Waals surface area (Å²) in [6.07, 6.45) is -4.07. The van der Waals surface area contributed by atoms with Crippen LogP contribution in [-0.4, -0.2) is 23.2 Å². The van der Waals surface area contributed by atoms with Crippen LogP contribution in [0.5, 0.6) is 0 Å². The van der Waals surface area contributed by atoms with Gasteiger partial charge < -0.3 is 5.73 Å². The lowest BCUT2D eigenvalue weighted by molar-refractivity contribution is -0.105. The van der Waals surface area contributed by atoms with Crippen molar-refractivity contribution in [1.29, 1.82) is 0 Å². The van der Waals surface area contributed by atoms with Crippen LogP contribution in [0.4, 0.5) is 13.2 Å². The Labute approximate surface area is 68.5 Å². The van der Waals surface area contributed by atoms with Crippen LogP contribution < -0.4 is 5.73 Å². The van der Waals surface area contributed by atoms with E-state index in [-0.39, 0.29) is 0 Å². The van der Waals surface area contributed by atoms with Gasteiger partial charge in [0.05, 0.1) is 5.75 Å². The molecule has 11 heavy (non-hydrogen) atoms. The van der Waals surface area contributed by atoms with Crippen LogP contribution in [0.15, 0.2) is 0 Å². The number of nitrogens with two attached hydrogens (primary N) is 1. The molecule has 0 spiro atoms. The van der Waals surface area contributed by atoms with Gasteiger partial charge in [0.25, 0.3) is 0 Å². The zero-order valence-corrected chi connectivity index (χ0v) is 7.35. The summed E-state index contributed by atoms with van der Waals surface area (Å²) >= 11 is 0.817. The summed E-state index contributed by atoms with van der Waals surface area (Å²) in [6, 6.07) is 0. The maximum atomic E-state index is 11.6. The summed E-state index contributed by atoms with van der Waals surface area (Å²) in [6.45, 7) is 3.41. The molecular formula is C6H12F3NS. The monoisotopic (exact) mass is 187 g/mol. The van der Waals surface area contributed by atoms with Gasteiger partial charge in [-0.2, -0.15) is 24.9 Å². The Bertz CT molecular complexity index is 102. The molecule has 0 heterocycles. The first-order valence-corrected chi connectivity index (χ1v) is 4.29. The van der Waals surface area contributed by atoms with Crippen LogP contribution in [0, 0.1) is 0 Å². The van der Waals surface area contributed by atoms with E-state index in [9.17, 15) is 13.2 Å². The van der Waals surface area contributed by atoms with E-state index in [1.165, 1.54) is 0 Å². The second-order valence-electron chi connectivity index (χ2n) is 3.10. The van der Waals surface area contributed by atoms with Crippen molar-refractivity contribution in [3.63, 3.8) is 0 Å². The highest BCUT2D eigenvalue weighted by molar-refractivity contribution is 7.99. The lowest BCUT2D eigenvalue weighted by Crippen LogP contribution is -2.35. The Hall–Kier alpha value is 0.100. The number of rotatable bonds is 3. The predicted molar refractivity (Wildman–Crippen MR) is 41.6 cm³/mol. The fourth-order valence-electron chi connectivity index (χ4n) is 0.430. The van der Waals surface area contributed by atoms with Gasteiger partial charge in [0, 0.05) is 11.3 Å². The van der Waals surface area contributed by atoms with Gasteiger partial charge in [-0.3, -0.25) is 0 Å². The van der Waals surface area contributed by atoms with E-state index in [4.69, 9.17) is 5.73 Å². The molecule has 0 bridgehead atoms. The molecule has 1 nitrogen and oxygen atoms in total. The van der Waals surface area contributed by atoms with E-state index in [2.05, 4.69) is 0 Å². The van der Waals surface area contributed by atoms with E-state index in [0.717, 1.165) is 11.8 Å². The topological polar surface area (TPSA) is 26.0 Å². The van der Waals surface area contributed by atoms with Crippen LogP contribution in [-0.2, 0) is 0 Å². The first kappa shape index (κ1) is 11.1. The van der Waals surface area contributed by atoms with E-state index >= 15 is 0 Å². The van der Waals surface area contributed by atoms with Crippen molar-refractivity contribution in [2.75, 3.05) is 11.5 Å². The largest absolute Gasteiger partial charge is 0.397 e. The van der Waals surface area contributed by atoms with E-state index in [1.807, 2.05) is 0 Å². The molecule has 0 aliphatic carbocycles. The molecule has 0 saturated carbocycles. The number of halogens is 3. The summed E-state index contributed by atoms with van der Waals surface area (Å²) in [4.78, 5) is 0. The summed E-state index contributed by atoms with van der Waals surface area (Å²) in [5.74, 6) is -0.486. The summed E-state index contributed by atoms with van der Waals surface area (Å²) < 4.78 is 34.7. The molecule has 0 aromatic carbocycles. The third kappa shape index (κ3) is 10.1. The van der Waals surface area contributed by atoms with Gasteiger partial charge in [-0.05, 0) is 13.8 Å². The minimum absolute atomic E-state index is 0.326. The molecule has 2 N–H and O–H groups in total. The van der Waals surface area contributed by atoms with Gasteiger partial charge in [0.15, 0.2) is 0 Å². The molecule has 0 atom stereocenters. The highest BCUT2D eigenvalue weighted by Gasteiger charge is 2.27. The minimum Gasteiger partial charge on any atom is -0.325 e. The van der Waals surface area contributed by atoms with E-state index in [1.54, 1.807) is 13.8 Å². The number of hydrogen-bond acceptors (Lipinski definition) is 2. The van der Waals surface area contributed by atoms with Crippen LogP contribution in [0.3, 0.4) is 0 Å². The van der Waals surface area contributed by atoms with Crippen molar-refractivity contribution in [2.45, 2.75) is 25.6 Å². The van der Waals surface area contributed by atoms with E-state index < -0.39 is 17.5 Å². The molecule has 0 radical (unpaired) electrons. The molecule has 0 aliphatic rings. The zero-order chi connectivity index (χ0) is 9.12. The Morgan fingerprint density at radius 2 is 1.64 bits per heavy atom. The first-order chi connectivity index (χ1) is 4.71. The number of thioether (sulfide) groups is 1. The van der Waals surface area contributed by atoms with Crippen molar-refractivity contribution in [3.05, 3.63) is 0 Å². The average Bonchev–Trinajstić information content (AvgIpc) is 1.55. The standard InChI is InChI=1S/C6H12F3NS/c1-5(2,10)3-11-4-6(7,8)9/h3-4,10H2,1-2H3. The summed E-state index contributed by atoms with van der Waals surface area (Å²) in [5, 5.41) is 0. The van der Waals surface area contributed by atoms with Crippen LogP contribution >= 0.6 is 11.8 Å². The molecule has 0 fully saturated rings. The quantitative estimate of drug-likeness (QED) is 0.731. The Morgan fingerprint density at radius 3 is 1.91 bits per heavy atom. The highest BCUT2D eigenvalue weighted by Crippen LogP contribution is 2.22. The fourth-order valence-corrected chi connectivity index (χ4v) is 1.29. The van der Waals surface area contributed by atoms with Crippen molar-refractivity contribution in [3.8, 4) is 0 Å². The third-order valence-electron chi connectivity index (χ3n) is 0.740. The fraction of sp³-hybridized carbons (Fsp3) is 1.00. The molecule has 0 amide bonds. The lowest BCUT2D eigenvalue weighted by atomic mass is 10.1. The SMILES string of the molecule is CC(C)(N)CSCC(F)(F)F. The Morgan fingerprint density at radius 1 is 1.18 bits per heavy atom. The second kappa shape index (κ2) is 3.67. The van der Waals surface area contributed by atoms with Gasteiger partial charge in [0.2, 0.25) is 0 Å². The van der Waals surface area contributed by atoms with Crippen molar-refractivity contribution in [2.24, 2.45) is 5.73 Å². The molecule has 0 aliphatic heterocycles. The predicted octanol–water partition coefficient (Wildman–Crippen LogP) is 2.02. The van der Waals surface area contributed by atoms with E-state index in [0.29, 0.717) is 5.75 Å². The molecule has 5 heteroatoms. The van der Waals surface area contributed by atoms with Crippen LogP contribution in [0.2, 0.25) is 0 Å². The molecule has 0 saturated heterocycles. The molecule has 68 valence electrons. The summed E-state index contributed by atoms with van der Waals surface area (Å²) in [7, 11) is 0. The van der Waals surface area contributed by atoms with Crippen molar-refractivity contribution in [1.82, 2.24) is 0 Å². The van der Waals surface area contributed by atoms with Crippen LogP contribution in [0.1, 0.15) is 13.8 Å². The molecule has 0 unspecified atom stereocenters. The molecular weight excluding hydrogens is 175 g/mol. The lowest BCUT2D eigenvalue weighted by Gasteiger charge is -2.17. The van der Waals surface area contributed by atoms with Gasteiger partial charge >= 0.3 is 6.18 Å². The maximum absolute atomic E-state index is 11.6. The third-order valence-corrected chi connectivity index (χ3v) is 2.22. The highest BCUT2D eigenvalue weighted by atomic mass is 32.2. The Kier molecular flexibility index (Phi) is 3.70. The summed E-state index contributed by atoms with van der Waals surface area (Å²) in [5.41, 5.74) is 4.96. The first-order valence-electron chi connectivity index (χ1n) is 3.14. The molecule has 0 aromatic heterocycles. The smallest absolute Gasteiger partial charge is 0.325 e. The Balaban J connectivity index is 3.44. The van der Waals surface area contributed by atoms with Crippen molar-refractivity contribution < 1.29 is 13.2 Å². The van der Waals surface area contributed by atoms with Gasteiger partial charge in [-0.15, -0.1) is 0 Å². The maximum Gasteiger partial charge on any atom is 0.397 e. The molecule has 0 aromatic rings. The number of alkyl halides is 3. The minimum atomic E-state index is -4.07. The molecule has 0 rings (SSSR count). The van der Waals surface area contributed by atoms with Crippen molar-refractivity contribution >= 4 is 11.8 Å². The van der Waals surface area contributed by atoms with Crippen LogP contribution in [0.25, 0.3) is 0 Å². The normalized spacial score (nSPS) is 13.6. The second-order valence-corrected chi connectivity index (χ2v) is 4.08. The average molecular weight is 187 g/mol. The van der Waals surface area contributed by atoms with Gasteiger partial charge in [-0.25, -0.2) is 0 Å². The number of hydrogen-bond donors (Lipinski definition) is 1.